The summed E-state index contributed by atoms with van der Waals surface area (Å²) in [4.78, 5) is 38.1. The normalized spacial score (nSPS) is 18.0. The minimum Gasteiger partial charge on any atom is -0.342 e. The molecule has 24 heavy (non-hydrogen) atoms. The molecule has 1 aliphatic heterocycles. The van der Waals surface area contributed by atoms with E-state index in [1.165, 1.54) is 0 Å². The zero-order valence-corrected chi connectivity index (χ0v) is 15.1. The number of amides is 1. The van der Waals surface area contributed by atoms with E-state index in [2.05, 4.69) is 20.3 Å². The highest BCUT2D eigenvalue weighted by Gasteiger charge is 2.27. The van der Waals surface area contributed by atoms with E-state index in [1.54, 1.807) is 25.2 Å². The van der Waals surface area contributed by atoms with Gasteiger partial charge in [-0.05, 0) is 33.6 Å². The molecule has 6 nitrogen and oxygen atoms in total. The van der Waals surface area contributed by atoms with Gasteiger partial charge < -0.3 is 9.88 Å². The lowest BCUT2D eigenvalue weighted by atomic mass is 9.98. The van der Waals surface area contributed by atoms with Crippen LogP contribution in [-0.4, -0.2) is 38.8 Å². The van der Waals surface area contributed by atoms with Crippen molar-refractivity contribution in [1.29, 1.82) is 0 Å². The highest BCUT2D eigenvalue weighted by atomic mass is 32.1. The second kappa shape index (κ2) is 6.84. The number of piperidine rings is 1. The van der Waals surface area contributed by atoms with Gasteiger partial charge in [0.2, 0.25) is 5.91 Å². The van der Waals surface area contributed by atoms with Crippen LogP contribution in [0.5, 0.6) is 0 Å². The summed E-state index contributed by atoms with van der Waals surface area (Å²) in [6, 6.07) is 0. The number of rotatable bonds is 3. The van der Waals surface area contributed by atoms with Gasteiger partial charge in [-0.25, -0.2) is 9.97 Å². The lowest BCUT2D eigenvalue weighted by molar-refractivity contribution is -0.131. The molecule has 1 aliphatic rings. The molecule has 0 bridgehead atoms. The molecule has 1 N–H and O–H groups in total. The molecule has 128 valence electrons. The van der Waals surface area contributed by atoms with Gasteiger partial charge in [0.05, 0.1) is 11.4 Å². The minimum absolute atomic E-state index is 0.00719. The Kier molecular flexibility index (Phi) is 4.80. The molecule has 1 atom stereocenters. The number of H-pyrrole nitrogens is 1. The van der Waals surface area contributed by atoms with E-state index >= 15 is 0 Å². The summed E-state index contributed by atoms with van der Waals surface area (Å²) in [5.41, 5.74) is 1.93. The molecule has 0 unspecified atom stereocenters. The second-order valence-corrected chi connectivity index (χ2v) is 7.29. The van der Waals surface area contributed by atoms with Crippen LogP contribution >= 0.6 is 11.3 Å². The number of hydrogen-bond donors (Lipinski definition) is 1. The van der Waals surface area contributed by atoms with E-state index in [0.717, 1.165) is 30.1 Å². The molecule has 2 aromatic rings. The zero-order valence-electron chi connectivity index (χ0n) is 14.3. The number of carbonyl (C=O) groups is 1. The van der Waals surface area contributed by atoms with Crippen LogP contribution in [0.2, 0.25) is 0 Å². The van der Waals surface area contributed by atoms with Gasteiger partial charge in [0.15, 0.2) is 0 Å². The Morgan fingerprint density at radius 3 is 2.83 bits per heavy atom. The molecule has 1 fully saturated rings. The molecule has 1 saturated heterocycles. The van der Waals surface area contributed by atoms with E-state index in [-0.39, 0.29) is 17.9 Å². The summed E-state index contributed by atoms with van der Waals surface area (Å²) in [6.45, 7) is 6.94. The van der Waals surface area contributed by atoms with Crippen LogP contribution in [0.3, 0.4) is 0 Å². The molecule has 3 rings (SSSR count). The van der Waals surface area contributed by atoms with Crippen molar-refractivity contribution in [3.05, 3.63) is 43.5 Å². The summed E-state index contributed by atoms with van der Waals surface area (Å²) in [5, 5.41) is 3.16. The van der Waals surface area contributed by atoms with Crippen LogP contribution in [0.1, 0.15) is 46.5 Å². The summed E-state index contributed by atoms with van der Waals surface area (Å²) < 4.78 is 0. The lowest BCUT2D eigenvalue weighted by Gasteiger charge is -2.32. The SMILES string of the molecule is Cc1csc([C@@H]2CCCN(C(=O)Cc3c(C)nc(C)[nH]c3=O)C2)n1. The predicted molar refractivity (Wildman–Crippen MR) is 93.4 cm³/mol. The first-order valence-electron chi connectivity index (χ1n) is 8.20. The van der Waals surface area contributed by atoms with Gasteiger partial charge in [-0.3, -0.25) is 9.59 Å². The molecular formula is C17H22N4O2S. The molecule has 0 aromatic carbocycles. The molecule has 3 heterocycles. The lowest BCUT2D eigenvalue weighted by Crippen LogP contribution is -2.40. The number of likely N-dealkylation sites (tertiary alicyclic amines) is 1. The van der Waals surface area contributed by atoms with E-state index in [0.29, 0.717) is 29.5 Å². The first kappa shape index (κ1) is 16.8. The second-order valence-electron chi connectivity index (χ2n) is 6.40. The molecule has 1 amide bonds. The Morgan fingerprint density at radius 2 is 2.17 bits per heavy atom. The third kappa shape index (κ3) is 3.56. The third-order valence-corrected chi connectivity index (χ3v) is 5.55. The number of hydrogen-bond acceptors (Lipinski definition) is 5. The van der Waals surface area contributed by atoms with Crippen LogP contribution in [0.15, 0.2) is 10.2 Å². The van der Waals surface area contributed by atoms with Crippen LogP contribution in [0.4, 0.5) is 0 Å². The van der Waals surface area contributed by atoms with Crippen molar-refractivity contribution >= 4 is 17.2 Å². The van der Waals surface area contributed by atoms with Crippen LogP contribution in [0.25, 0.3) is 0 Å². The van der Waals surface area contributed by atoms with Gasteiger partial charge in [-0.1, -0.05) is 0 Å². The van der Waals surface area contributed by atoms with Crippen LogP contribution in [-0.2, 0) is 11.2 Å². The maximum Gasteiger partial charge on any atom is 0.254 e. The molecule has 0 saturated carbocycles. The number of carbonyl (C=O) groups excluding carboxylic acids is 1. The maximum atomic E-state index is 12.7. The fourth-order valence-corrected chi connectivity index (χ4v) is 4.11. The Morgan fingerprint density at radius 1 is 1.38 bits per heavy atom. The highest BCUT2D eigenvalue weighted by molar-refractivity contribution is 7.09. The topological polar surface area (TPSA) is 79.0 Å². The Labute approximate surface area is 145 Å². The van der Waals surface area contributed by atoms with Crippen molar-refractivity contribution in [3.8, 4) is 0 Å². The van der Waals surface area contributed by atoms with Crippen LogP contribution in [0, 0.1) is 20.8 Å². The summed E-state index contributed by atoms with van der Waals surface area (Å²) in [5.74, 6) is 0.870. The van der Waals surface area contributed by atoms with Gasteiger partial charge in [0.25, 0.3) is 5.56 Å². The fraction of sp³-hybridized carbons (Fsp3) is 0.529. The first-order chi connectivity index (χ1) is 11.4. The summed E-state index contributed by atoms with van der Waals surface area (Å²) in [7, 11) is 0. The number of aryl methyl sites for hydroxylation is 3. The monoisotopic (exact) mass is 346 g/mol. The fourth-order valence-electron chi connectivity index (χ4n) is 3.19. The average Bonchev–Trinajstić information content (AvgIpc) is 2.97. The molecule has 2 aromatic heterocycles. The molecular weight excluding hydrogens is 324 g/mol. The zero-order chi connectivity index (χ0) is 17.3. The van der Waals surface area contributed by atoms with E-state index in [9.17, 15) is 9.59 Å². The summed E-state index contributed by atoms with van der Waals surface area (Å²) >= 11 is 1.67. The molecule has 0 aliphatic carbocycles. The van der Waals surface area contributed by atoms with Gasteiger partial charge in [-0.2, -0.15) is 0 Å². The van der Waals surface area contributed by atoms with Crippen molar-refractivity contribution in [2.24, 2.45) is 0 Å². The van der Waals surface area contributed by atoms with Crippen molar-refractivity contribution in [2.75, 3.05) is 13.1 Å². The highest BCUT2D eigenvalue weighted by Crippen LogP contribution is 2.29. The average molecular weight is 346 g/mol. The van der Waals surface area contributed by atoms with E-state index in [4.69, 9.17) is 0 Å². The van der Waals surface area contributed by atoms with Crippen molar-refractivity contribution in [2.45, 2.75) is 46.0 Å². The van der Waals surface area contributed by atoms with Crippen molar-refractivity contribution < 1.29 is 4.79 Å². The first-order valence-corrected chi connectivity index (χ1v) is 9.08. The van der Waals surface area contributed by atoms with E-state index in [1.807, 2.05) is 11.8 Å². The van der Waals surface area contributed by atoms with Gasteiger partial charge in [0, 0.05) is 41.3 Å². The standard InChI is InChI=1S/C17H22N4O2S/c1-10-9-24-17(18-10)13-5-4-6-21(8-13)15(22)7-14-11(2)19-12(3)20-16(14)23/h9,13H,4-8H2,1-3H3,(H,19,20,23)/t13-/m1/s1. The number of nitrogens with zero attached hydrogens (tertiary/aromatic N) is 3. The van der Waals surface area contributed by atoms with E-state index < -0.39 is 0 Å². The largest absolute Gasteiger partial charge is 0.342 e. The van der Waals surface area contributed by atoms with Gasteiger partial charge in [0.1, 0.15) is 5.82 Å². The predicted octanol–water partition coefficient (Wildman–Crippen LogP) is 2.10. The minimum atomic E-state index is -0.211. The third-order valence-electron chi connectivity index (χ3n) is 4.43. The van der Waals surface area contributed by atoms with Crippen molar-refractivity contribution in [3.63, 3.8) is 0 Å². The number of thiazole rings is 1. The Bertz CT molecular complexity index is 811. The maximum absolute atomic E-state index is 12.7. The van der Waals surface area contributed by atoms with Gasteiger partial charge >= 0.3 is 0 Å². The van der Waals surface area contributed by atoms with Crippen LogP contribution < -0.4 is 5.56 Å². The summed E-state index contributed by atoms with van der Waals surface area (Å²) in [6.07, 6.45) is 2.14. The van der Waals surface area contributed by atoms with Gasteiger partial charge in [-0.15, -0.1) is 11.3 Å². The number of aromatic nitrogens is 3. The number of aromatic amines is 1. The smallest absolute Gasteiger partial charge is 0.254 e. The molecule has 0 radical (unpaired) electrons. The number of nitrogens with one attached hydrogen (secondary N) is 1. The van der Waals surface area contributed by atoms with Crippen molar-refractivity contribution in [1.82, 2.24) is 19.9 Å². The molecule has 7 heteroatoms. The quantitative estimate of drug-likeness (QED) is 0.923. The Hall–Kier alpha value is -2.02. The Balaban J connectivity index is 1.72. The molecule has 0 spiro atoms.